The Bertz CT molecular complexity index is 2060. The lowest BCUT2D eigenvalue weighted by Gasteiger charge is -2.09. The summed E-state index contributed by atoms with van der Waals surface area (Å²) in [6.45, 7) is 0.724. The number of nitrogens with zero attached hydrogens (tertiary/aromatic N) is 6. The molecule has 0 aliphatic heterocycles. The zero-order valence-corrected chi connectivity index (χ0v) is 22.8. The molecule has 0 unspecified atom stereocenters. The van der Waals surface area contributed by atoms with Crippen molar-refractivity contribution in [3.8, 4) is 36.4 Å². The number of nitriles is 6. The first kappa shape index (κ1) is 33.9. The van der Waals surface area contributed by atoms with Crippen LogP contribution in [-0.4, -0.2) is 0 Å². The van der Waals surface area contributed by atoms with Gasteiger partial charge in [0.25, 0.3) is 0 Å². The molecule has 17 heteroatoms. The number of hydrogen-bond donors (Lipinski definition) is 0. The molecule has 3 aromatic rings. The maximum absolute atomic E-state index is 15.4. The molecule has 4 rings (SSSR count). The Labute approximate surface area is 259 Å². The molecule has 1 saturated carbocycles. The lowest BCUT2D eigenvalue weighted by molar-refractivity contribution is 0.446. The number of halogens is 11. The molecule has 1 aliphatic carbocycles. The van der Waals surface area contributed by atoms with E-state index in [0.717, 1.165) is 43.3 Å². The monoisotopic (exact) mass is 668 g/mol. The highest BCUT2D eigenvalue weighted by molar-refractivity contribution is 6.12. The molecule has 0 saturated heterocycles. The number of allylic oxidation sites excluding steroid dienone is 6. The van der Waals surface area contributed by atoms with Gasteiger partial charge >= 0.3 is 0 Å². The Morgan fingerprint density at radius 1 is 0.354 bits per heavy atom. The first-order chi connectivity index (χ1) is 22.6. The fourth-order valence-corrected chi connectivity index (χ4v) is 4.68. The normalized spacial score (nSPS) is 14.9. The summed E-state index contributed by atoms with van der Waals surface area (Å²) in [6.07, 6.45) is 0. The van der Waals surface area contributed by atoms with E-state index in [4.69, 9.17) is 15.8 Å². The van der Waals surface area contributed by atoms with E-state index in [-0.39, 0.29) is 0 Å². The van der Waals surface area contributed by atoms with Crippen LogP contribution in [0.25, 0.3) is 16.7 Å². The zero-order chi connectivity index (χ0) is 36.1. The molecule has 3 aromatic carbocycles. The summed E-state index contributed by atoms with van der Waals surface area (Å²) in [5.74, 6) is -25.7. The summed E-state index contributed by atoms with van der Waals surface area (Å²) in [5.41, 5.74) is -20.3. The summed E-state index contributed by atoms with van der Waals surface area (Å²) in [6, 6.07) is 5.92. The second-order valence-electron chi connectivity index (χ2n) is 9.25. The Morgan fingerprint density at radius 3 is 0.812 bits per heavy atom. The molecule has 0 aromatic heterocycles. The number of benzene rings is 3. The minimum absolute atomic E-state index is 0.724. The molecule has 0 N–H and O–H groups in total. The Kier molecular flexibility index (Phi) is 8.55. The quantitative estimate of drug-likeness (QED) is 0.162. The molecule has 48 heavy (non-hydrogen) atoms. The summed E-state index contributed by atoms with van der Waals surface area (Å²) in [5, 5.41) is 56.4. The van der Waals surface area contributed by atoms with Gasteiger partial charge < -0.3 is 0 Å². The van der Waals surface area contributed by atoms with Gasteiger partial charge in [0.1, 0.15) is 53.4 Å². The van der Waals surface area contributed by atoms with Gasteiger partial charge in [0, 0.05) is 22.3 Å². The maximum atomic E-state index is 15.4. The summed E-state index contributed by atoms with van der Waals surface area (Å²) in [7, 11) is 0. The maximum Gasteiger partial charge on any atom is 0.180 e. The van der Waals surface area contributed by atoms with E-state index in [2.05, 4.69) is 0 Å². The van der Waals surface area contributed by atoms with E-state index in [1.165, 1.54) is 0 Å². The molecule has 0 amide bonds. The van der Waals surface area contributed by atoms with E-state index in [1.807, 2.05) is 0 Å². The van der Waals surface area contributed by atoms with E-state index in [0.29, 0.717) is 0 Å². The lowest BCUT2D eigenvalue weighted by Crippen LogP contribution is -2.06. The third kappa shape index (κ3) is 4.58. The molecule has 1 aliphatic rings. The van der Waals surface area contributed by atoms with Crippen LogP contribution in [0.3, 0.4) is 0 Å². The van der Waals surface area contributed by atoms with Crippen molar-refractivity contribution in [1.29, 1.82) is 31.6 Å². The molecular formula is C31H3F11N6. The second-order valence-corrected chi connectivity index (χ2v) is 9.25. The van der Waals surface area contributed by atoms with Gasteiger partial charge in [-0.2, -0.15) is 31.6 Å². The zero-order valence-electron chi connectivity index (χ0n) is 22.8. The van der Waals surface area contributed by atoms with Crippen LogP contribution in [0.15, 0.2) is 16.7 Å². The van der Waals surface area contributed by atoms with Crippen molar-refractivity contribution < 1.29 is 48.3 Å². The van der Waals surface area contributed by atoms with Crippen LogP contribution in [0.2, 0.25) is 0 Å². The SMILES string of the molecule is Cc1c(F)c(C(C#N)=C2C(=C(/C#N)c3c(F)c(F)c(C#N)c(F)c3F)/C2=C(/C#N)c2c(F)c(F)c(C#N)c(F)c2F)c(F)c(F)c1C#N. The van der Waals surface area contributed by atoms with Crippen molar-refractivity contribution in [2.24, 2.45) is 0 Å². The van der Waals surface area contributed by atoms with Crippen LogP contribution >= 0.6 is 0 Å². The molecule has 0 heterocycles. The van der Waals surface area contributed by atoms with Crippen molar-refractivity contribution in [2.75, 3.05) is 0 Å². The van der Waals surface area contributed by atoms with Crippen LogP contribution in [0.4, 0.5) is 48.3 Å². The summed E-state index contributed by atoms with van der Waals surface area (Å²) in [4.78, 5) is 0. The largest absolute Gasteiger partial charge is 0.206 e. The van der Waals surface area contributed by atoms with E-state index < -0.39 is 136 Å². The molecule has 0 radical (unpaired) electrons. The molecule has 0 spiro atoms. The third-order valence-corrected chi connectivity index (χ3v) is 6.94. The predicted octanol–water partition coefficient (Wildman–Crippen LogP) is 7.39. The van der Waals surface area contributed by atoms with Gasteiger partial charge in [0.15, 0.2) is 58.2 Å². The van der Waals surface area contributed by atoms with Gasteiger partial charge in [-0.1, -0.05) is 0 Å². The van der Waals surface area contributed by atoms with E-state index >= 15 is 26.3 Å². The smallest absolute Gasteiger partial charge is 0.180 e. The standard InChI is InChI=1S/C31H3F11N6/c1-8-9(2-43)22(33)27(38)18(21(8)32)10(3-44)15-16(11(4-45)19-28(39)23(34)13(6-47)24(35)29(19)40)17(15)12(5-46)20-30(41)25(36)14(7-48)26(37)31(20)42/h1H3/b15-10?,16-11-,17-12+. The Morgan fingerprint density at radius 2 is 0.583 bits per heavy atom. The van der Waals surface area contributed by atoms with Gasteiger partial charge in [0.2, 0.25) is 0 Å². The van der Waals surface area contributed by atoms with Crippen molar-refractivity contribution in [1.82, 2.24) is 0 Å². The van der Waals surface area contributed by atoms with Gasteiger partial charge in [-0.25, -0.2) is 48.3 Å². The van der Waals surface area contributed by atoms with Crippen molar-refractivity contribution in [3.63, 3.8) is 0 Å². The number of hydrogen-bond acceptors (Lipinski definition) is 6. The first-order valence-electron chi connectivity index (χ1n) is 12.2. The average Bonchev–Trinajstić information content (AvgIpc) is 3.78. The van der Waals surface area contributed by atoms with E-state index in [1.54, 1.807) is 0 Å². The molecule has 0 atom stereocenters. The van der Waals surface area contributed by atoms with Crippen molar-refractivity contribution in [2.45, 2.75) is 6.92 Å². The van der Waals surface area contributed by atoms with Crippen LogP contribution in [0.1, 0.15) is 38.9 Å². The highest BCUT2D eigenvalue weighted by atomic mass is 19.2. The third-order valence-electron chi connectivity index (χ3n) is 6.94. The fraction of sp³-hybridized carbons (Fsp3) is 0.0323. The van der Waals surface area contributed by atoms with Gasteiger partial charge in [-0.15, -0.1) is 0 Å². The minimum Gasteiger partial charge on any atom is -0.206 e. The Balaban J connectivity index is 2.38. The van der Waals surface area contributed by atoms with Crippen LogP contribution < -0.4 is 0 Å². The van der Waals surface area contributed by atoms with Crippen molar-refractivity contribution >= 4 is 16.7 Å². The fourth-order valence-electron chi connectivity index (χ4n) is 4.68. The van der Waals surface area contributed by atoms with Gasteiger partial charge in [-0.05, 0) is 6.92 Å². The molecule has 1 fully saturated rings. The Hall–Kier alpha value is -6.95. The molecular weight excluding hydrogens is 665 g/mol. The summed E-state index contributed by atoms with van der Waals surface area (Å²) >= 11 is 0. The highest BCUT2D eigenvalue weighted by Gasteiger charge is 2.46. The van der Waals surface area contributed by atoms with E-state index in [9.17, 15) is 37.7 Å². The minimum atomic E-state index is -2.47. The van der Waals surface area contributed by atoms with Crippen LogP contribution in [-0.2, 0) is 0 Å². The topological polar surface area (TPSA) is 143 Å². The van der Waals surface area contributed by atoms with Crippen LogP contribution in [0, 0.1) is 139 Å². The van der Waals surface area contributed by atoms with Gasteiger partial charge in [-0.3, -0.25) is 0 Å². The predicted molar refractivity (Wildman–Crippen MR) is 135 cm³/mol. The van der Waals surface area contributed by atoms with Crippen molar-refractivity contribution in [3.05, 3.63) is 120 Å². The first-order valence-corrected chi connectivity index (χ1v) is 12.2. The molecule has 6 nitrogen and oxygen atoms in total. The highest BCUT2D eigenvalue weighted by Crippen LogP contribution is 2.57. The average molecular weight is 668 g/mol. The molecule has 234 valence electrons. The summed E-state index contributed by atoms with van der Waals surface area (Å²) < 4.78 is 164. The van der Waals surface area contributed by atoms with Gasteiger partial charge in [0.05, 0.1) is 39.0 Å². The second kappa shape index (κ2) is 12.1. The lowest BCUT2D eigenvalue weighted by atomic mass is 9.96. The molecule has 0 bridgehead atoms. The number of rotatable bonds is 3. The van der Waals surface area contributed by atoms with Crippen LogP contribution in [0.5, 0.6) is 0 Å².